The summed E-state index contributed by atoms with van der Waals surface area (Å²) in [4.78, 5) is 16.5. The summed E-state index contributed by atoms with van der Waals surface area (Å²) in [5.41, 5.74) is 1.41. The van der Waals surface area contributed by atoms with Gasteiger partial charge in [0.2, 0.25) is 5.91 Å². The second-order valence-electron chi connectivity index (χ2n) is 10.6. The van der Waals surface area contributed by atoms with E-state index in [1.807, 2.05) is 4.90 Å². The molecule has 1 aliphatic carbocycles. The van der Waals surface area contributed by atoms with Gasteiger partial charge in [0, 0.05) is 32.2 Å². The normalized spacial score (nSPS) is 41.6. The minimum absolute atomic E-state index is 0.0580. The van der Waals surface area contributed by atoms with Gasteiger partial charge in [0.05, 0.1) is 18.3 Å². The number of epoxide rings is 2. The van der Waals surface area contributed by atoms with Gasteiger partial charge in [-0.05, 0) is 65.2 Å². The molecule has 0 bridgehead atoms. The van der Waals surface area contributed by atoms with Crippen LogP contribution in [0.25, 0.3) is 0 Å². The first-order valence-electron chi connectivity index (χ1n) is 12.0. The molecule has 4 heterocycles. The Labute approximate surface area is 180 Å². The Hall–Kier alpha value is -0.950. The Morgan fingerprint density at radius 3 is 2.67 bits per heavy atom. The van der Waals surface area contributed by atoms with E-state index in [1.54, 1.807) is 0 Å². The van der Waals surface area contributed by atoms with E-state index in [-0.39, 0.29) is 23.7 Å². The van der Waals surface area contributed by atoms with E-state index in [9.17, 15) is 4.79 Å². The van der Waals surface area contributed by atoms with Crippen LogP contribution in [-0.4, -0.2) is 84.6 Å². The lowest BCUT2D eigenvalue weighted by Crippen LogP contribution is -2.54. The number of ether oxygens (including phenoxy) is 3. The highest BCUT2D eigenvalue weighted by atomic mass is 16.7. The molecule has 1 unspecified atom stereocenters. The van der Waals surface area contributed by atoms with E-state index in [0.29, 0.717) is 18.8 Å². The summed E-state index contributed by atoms with van der Waals surface area (Å²) in [6.07, 6.45) is 9.94. The molecule has 168 valence electrons. The molecular formula is C24H38N2O4. The summed E-state index contributed by atoms with van der Waals surface area (Å²) < 4.78 is 17.6. The van der Waals surface area contributed by atoms with Crippen molar-refractivity contribution in [3.63, 3.8) is 0 Å². The Morgan fingerprint density at radius 1 is 1.20 bits per heavy atom. The predicted molar refractivity (Wildman–Crippen MR) is 114 cm³/mol. The lowest BCUT2D eigenvalue weighted by atomic mass is 9.78. The molecule has 3 atom stereocenters. The van der Waals surface area contributed by atoms with E-state index >= 15 is 0 Å². The molecule has 1 spiro atoms. The highest BCUT2D eigenvalue weighted by molar-refractivity contribution is 5.77. The first kappa shape index (κ1) is 20.9. The number of nitrogens with zero attached hydrogens (tertiary/aromatic N) is 2. The van der Waals surface area contributed by atoms with Gasteiger partial charge < -0.3 is 19.1 Å². The molecule has 30 heavy (non-hydrogen) atoms. The van der Waals surface area contributed by atoms with Crippen LogP contribution >= 0.6 is 0 Å². The van der Waals surface area contributed by atoms with Crippen LogP contribution in [0.3, 0.4) is 0 Å². The fraction of sp³-hybridized carbons (Fsp3) is 0.875. The Balaban J connectivity index is 1.02. The molecule has 1 saturated carbocycles. The van der Waals surface area contributed by atoms with Crippen LogP contribution in [0.2, 0.25) is 0 Å². The third-order valence-corrected chi connectivity index (χ3v) is 8.21. The molecule has 6 heteroatoms. The molecule has 0 aromatic carbocycles. The maximum absolute atomic E-state index is 11.8. The fourth-order valence-corrected chi connectivity index (χ4v) is 6.02. The monoisotopic (exact) mass is 418 g/mol. The van der Waals surface area contributed by atoms with Crippen molar-refractivity contribution >= 4 is 5.91 Å². The number of carbonyl (C=O) groups is 1. The Bertz CT molecular complexity index is 691. The van der Waals surface area contributed by atoms with Crippen molar-refractivity contribution in [3.05, 3.63) is 11.6 Å². The van der Waals surface area contributed by atoms with Crippen molar-refractivity contribution in [1.29, 1.82) is 0 Å². The van der Waals surface area contributed by atoms with Gasteiger partial charge in [0.15, 0.2) is 0 Å². The minimum Gasteiger partial charge on any atom is -0.370 e. The number of allylic oxidation sites excluding steroid dienone is 1. The summed E-state index contributed by atoms with van der Waals surface area (Å²) in [7, 11) is 0. The zero-order valence-corrected chi connectivity index (χ0v) is 18.9. The van der Waals surface area contributed by atoms with Gasteiger partial charge in [0.25, 0.3) is 0 Å². The zero-order chi connectivity index (χ0) is 20.9. The summed E-state index contributed by atoms with van der Waals surface area (Å²) in [5, 5.41) is 0. The van der Waals surface area contributed by atoms with Gasteiger partial charge in [-0.1, -0.05) is 11.6 Å². The van der Waals surface area contributed by atoms with Crippen LogP contribution in [0.15, 0.2) is 11.6 Å². The molecule has 5 rings (SSSR count). The first-order chi connectivity index (χ1) is 14.4. The van der Waals surface area contributed by atoms with E-state index < -0.39 is 0 Å². The highest BCUT2D eigenvalue weighted by Gasteiger charge is 2.73. The van der Waals surface area contributed by atoms with E-state index in [1.165, 1.54) is 44.3 Å². The second kappa shape index (κ2) is 7.88. The van der Waals surface area contributed by atoms with Crippen LogP contribution in [-0.2, 0) is 19.0 Å². The van der Waals surface area contributed by atoms with Gasteiger partial charge in [-0.15, -0.1) is 0 Å². The average molecular weight is 419 g/mol. The van der Waals surface area contributed by atoms with Gasteiger partial charge in [-0.2, -0.15) is 0 Å². The fourth-order valence-electron chi connectivity index (χ4n) is 6.02. The Morgan fingerprint density at radius 2 is 1.97 bits per heavy atom. The van der Waals surface area contributed by atoms with Crippen LogP contribution in [0.4, 0.5) is 0 Å². The van der Waals surface area contributed by atoms with Crippen LogP contribution in [0.5, 0.6) is 0 Å². The molecule has 0 N–H and O–H groups in total. The van der Waals surface area contributed by atoms with Gasteiger partial charge in [-0.3, -0.25) is 9.69 Å². The molecule has 4 saturated heterocycles. The van der Waals surface area contributed by atoms with E-state index in [0.717, 1.165) is 37.9 Å². The summed E-state index contributed by atoms with van der Waals surface area (Å²) >= 11 is 0. The van der Waals surface area contributed by atoms with Crippen molar-refractivity contribution in [3.8, 4) is 0 Å². The van der Waals surface area contributed by atoms with Gasteiger partial charge in [0.1, 0.15) is 18.3 Å². The molecule has 1 amide bonds. The van der Waals surface area contributed by atoms with Gasteiger partial charge in [-0.25, -0.2) is 0 Å². The molecular weight excluding hydrogens is 380 g/mol. The SMILES string of the molecule is CC(C)=CC[C@H]1O[C@@]1(C)C1OC12CCC(N1CC(CCN3CCOCC3=O)C1)CC2. The minimum atomic E-state index is -0.0580. The van der Waals surface area contributed by atoms with Crippen molar-refractivity contribution in [1.82, 2.24) is 9.80 Å². The third-order valence-electron chi connectivity index (χ3n) is 8.21. The lowest BCUT2D eigenvalue weighted by molar-refractivity contribution is -0.143. The van der Waals surface area contributed by atoms with Crippen molar-refractivity contribution in [2.24, 2.45) is 5.92 Å². The molecule has 6 nitrogen and oxygen atoms in total. The summed E-state index contributed by atoms with van der Waals surface area (Å²) in [6.45, 7) is 11.6. The molecule has 0 aromatic heterocycles. The van der Waals surface area contributed by atoms with Gasteiger partial charge >= 0.3 is 0 Å². The van der Waals surface area contributed by atoms with Crippen molar-refractivity contribution in [2.75, 3.05) is 39.4 Å². The van der Waals surface area contributed by atoms with Crippen LogP contribution in [0, 0.1) is 5.92 Å². The zero-order valence-electron chi connectivity index (χ0n) is 18.9. The number of carbonyl (C=O) groups excluding carboxylic acids is 1. The molecule has 5 aliphatic rings. The third kappa shape index (κ3) is 3.96. The second-order valence-corrected chi connectivity index (χ2v) is 10.6. The molecule has 0 radical (unpaired) electrons. The smallest absolute Gasteiger partial charge is 0.248 e. The number of hydrogen-bond donors (Lipinski definition) is 0. The standard InChI is InChI=1S/C24H38N2O4/c1-17(2)4-5-20-23(3,29-20)22-24(30-22)9-6-19(7-10-24)26-14-18(15-26)8-11-25-12-13-28-16-21(25)27/h4,18-20,22H,5-16H2,1-3H3/t19?,20-,22?,23-,24?/m1/s1. The summed E-state index contributed by atoms with van der Waals surface area (Å²) in [5.74, 6) is 0.904. The topological polar surface area (TPSA) is 57.8 Å². The van der Waals surface area contributed by atoms with Crippen LogP contribution < -0.4 is 0 Å². The van der Waals surface area contributed by atoms with E-state index in [2.05, 4.69) is 31.7 Å². The molecule has 4 aliphatic heterocycles. The lowest BCUT2D eigenvalue weighted by Gasteiger charge is -2.47. The number of morpholine rings is 1. The first-order valence-corrected chi connectivity index (χ1v) is 12.0. The largest absolute Gasteiger partial charge is 0.370 e. The average Bonchev–Trinajstić information content (AvgIpc) is 3.58. The predicted octanol–water partition coefficient (Wildman–Crippen LogP) is 2.76. The number of hydrogen-bond acceptors (Lipinski definition) is 5. The maximum atomic E-state index is 11.8. The number of amides is 1. The maximum Gasteiger partial charge on any atom is 0.248 e. The van der Waals surface area contributed by atoms with Crippen molar-refractivity contribution < 1.29 is 19.0 Å². The number of likely N-dealkylation sites (tertiary alicyclic amines) is 1. The molecule has 0 aromatic rings. The van der Waals surface area contributed by atoms with Crippen LogP contribution in [0.1, 0.15) is 59.3 Å². The Kier molecular flexibility index (Phi) is 5.49. The molecule has 5 fully saturated rings. The quantitative estimate of drug-likeness (QED) is 0.470. The number of rotatable bonds is 7. The van der Waals surface area contributed by atoms with E-state index in [4.69, 9.17) is 14.2 Å². The highest BCUT2D eigenvalue weighted by Crippen LogP contribution is 2.60. The van der Waals surface area contributed by atoms with Crippen molar-refractivity contribution in [2.45, 2.75) is 88.7 Å². The summed E-state index contributed by atoms with van der Waals surface area (Å²) in [6, 6.07) is 0.719.